The number of nitriles is 1. The van der Waals surface area contributed by atoms with E-state index < -0.39 is 5.54 Å². The molecule has 0 spiro atoms. The first kappa shape index (κ1) is 26.5. The average Bonchev–Trinajstić information content (AvgIpc) is 3.20. The smallest absolute Gasteiger partial charge is 0.267 e. The number of hydrogen-bond acceptors (Lipinski definition) is 7. The molecule has 10 heteroatoms. The molecule has 4 rings (SSSR count). The fourth-order valence-corrected chi connectivity index (χ4v) is 6.67. The molecule has 2 aromatic heterocycles. The third-order valence-electron chi connectivity index (χ3n) is 6.80. The Labute approximate surface area is 223 Å². The Kier molecular flexibility index (Phi) is 7.69. The van der Waals surface area contributed by atoms with Crippen molar-refractivity contribution in [2.24, 2.45) is 11.8 Å². The minimum Gasteiger partial charge on any atom is -0.495 e. The summed E-state index contributed by atoms with van der Waals surface area (Å²) in [5.41, 5.74) is 0.366. The fourth-order valence-electron chi connectivity index (χ4n) is 4.28. The minimum absolute atomic E-state index is 0.00700. The van der Waals surface area contributed by atoms with Crippen LogP contribution in [0.2, 0.25) is 5.02 Å². The van der Waals surface area contributed by atoms with Gasteiger partial charge in [0.25, 0.3) is 5.56 Å². The number of thiophene rings is 1. The van der Waals surface area contributed by atoms with Gasteiger partial charge < -0.3 is 10.1 Å². The molecule has 0 saturated carbocycles. The number of fused-ring (bicyclic) bond motifs is 3. The van der Waals surface area contributed by atoms with Crippen molar-refractivity contribution in [3.05, 3.63) is 44.0 Å². The van der Waals surface area contributed by atoms with Gasteiger partial charge in [-0.2, -0.15) is 5.26 Å². The van der Waals surface area contributed by atoms with Crippen LogP contribution in [0.3, 0.4) is 0 Å². The molecule has 1 aliphatic rings. The lowest BCUT2D eigenvalue weighted by atomic mass is 9.89. The van der Waals surface area contributed by atoms with Crippen LogP contribution in [-0.4, -0.2) is 33.9 Å². The van der Waals surface area contributed by atoms with Crippen molar-refractivity contribution in [3.63, 3.8) is 0 Å². The van der Waals surface area contributed by atoms with Gasteiger partial charge in [0.05, 0.1) is 30.0 Å². The number of rotatable bonds is 7. The number of thioether (sulfide) groups is 1. The highest BCUT2D eigenvalue weighted by atomic mass is 35.5. The highest BCUT2D eigenvalue weighted by Gasteiger charge is 2.31. The number of amides is 1. The summed E-state index contributed by atoms with van der Waals surface area (Å²) in [6.07, 6.45) is 2.81. The Morgan fingerprint density at radius 1 is 1.47 bits per heavy atom. The van der Waals surface area contributed by atoms with Crippen LogP contribution in [0.15, 0.2) is 28.2 Å². The van der Waals surface area contributed by atoms with Crippen molar-refractivity contribution in [1.82, 2.24) is 14.9 Å². The van der Waals surface area contributed by atoms with Gasteiger partial charge in [0.15, 0.2) is 5.16 Å². The molecule has 0 saturated heterocycles. The van der Waals surface area contributed by atoms with E-state index in [2.05, 4.69) is 18.3 Å². The molecule has 1 aromatic carbocycles. The van der Waals surface area contributed by atoms with Gasteiger partial charge in [0.1, 0.15) is 16.1 Å². The first-order chi connectivity index (χ1) is 17.1. The molecule has 2 heterocycles. The molecule has 2 atom stereocenters. The molecule has 1 N–H and O–H groups in total. The van der Waals surface area contributed by atoms with E-state index in [9.17, 15) is 14.9 Å². The number of aromatic nitrogens is 2. The van der Waals surface area contributed by atoms with Crippen molar-refractivity contribution in [2.45, 2.75) is 57.7 Å². The van der Waals surface area contributed by atoms with Gasteiger partial charge in [-0.25, -0.2) is 4.98 Å². The summed E-state index contributed by atoms with van der Waals surface area (Å²) in [6, 6.07) is 7.27. The van der Waals surface area contributed by atoms with Crippen LogP contribution in [-0.2, 0) is 17.6 Å². The van der Waals surface area contributed by atoms with E-state index in [1.54, 1.807) is 36.5 Å². The first-order valence-corrected chi connectivity index (χ1v) is 14.0. The Morgan fingerprint density at radius 2 is 2.22 bits per heavy atom. The predicted molar refractivity (Wildman–Crippen MR) is 146 cm³/mol. The number of hydrogen-bond donors (Lipinski definition) is 1. The second-order valence-electron chi connectivity index (χ2n) is 9.69. The summed E-state index contributed by atoms with van der Waals surface area (Å²) < 4.78 is 7.05. The van der Waals surface area contributed by atoms with E-state index in [1.165, 1.54) is 16.6 Å². The second-order valence-corrected chi connectivity index (χ2v) is 12.2. The maximum Gasteiger partial charge on any atom is 0.267 e. The first-order valence-electron chi connectivity index (χ1n) is 11.8. The Bertz CT molecular complexity index is 1430. The normalized spacial score (nSPS) is 16.9. The predicted octanol–water partition coefficient (Wildman–Crippen LogP) is 5.38. The molecule has 1 amide bonds. The van der Waals surface area contributed by atoms with Gasteiger partial charge in [-0.15, -0.1) is 11.3 Å². The van der Waals surface area contributed by atoms with Crippen LogP contribution in [0.25, 0.3) is 15.9 Å². The van der Waals surface area contributed by atoms with Gasteiger partial charge in [-0.1, -0.05) is 44.1 Å². The highest BCUT2D eigenvalue weighted by Crippen LogP contribution is 2.38. The molecule has 36 heavy (non-hydrogen) atoms. The van der Waals surface area contributed by atoms with Gasteiger partial charge in [-0.05, 0) is 61.8 Å². The lowest BCUT2D eigenvalue weighted by molar-refractivity contribution is -0.120. The van der Waals surface area contributed by atoms with Crippen LogP contribution in [0, 0.1) is 23.2 Å². The summed E-state index contributed by atoms with van der Waals surface area (Å²) in [4.78, 5) is 33.6. The topological polar surface area (TPSA) is 97.0 Å². The van der Waals surface area contributed by atoms with Crippen LogP contribution < -0.4 is 15.6 Å². The van der Waals surface area contributed by atoms with Gasteiger partial charge >= 0.3 is 0 Å². The number of nitrogens with one attached hydrogen (secondary N) is 1. The molecule has 0 radical (unpaired) electrons. The zero-order valence-electron chi connectivity index (χ0n) is 21.0. The van der Waals surface area contributed by atoms with E-state index >= 15 is 0 Å². The average molecular weight is 545 g/mol. The monoisotopic (exact) mass is 544 g/mol. The van der Waals surface area contributed by atoms with Crippen LogP contribution in [0.5, 0.6) is 5.75 Å². The maximum absolute atomic E-state index is 14.0. The summed E-state index contributed by atoms with van der Waals surface area (Å²) >= 11 is 9.03. The molecule has 0 fully saturated rings. The molecule has 3 aromatic rings. The van der Waals surface area contributed by atoms with Crippen molar-refractivity contribution in [1.29, 1.82) is 5.26 Å². The highest BCUT2D eigenvalue weighted by molar-refractivity contribution is 7.99. The molecular formula is C26H29ClN4O3S2. The molecule has 190 valence electrons. The standard InChI is InChI=1S/C26H29ClN4O3S2/c1-14(2)26(4,13-28)30-21(32)12-35-25-29-23-22(17-8-6-15(3)10-20(17)36-23)24(33)31(25)18-11-16(27)7-9-19(18)34-5/h7,9,11,14-15H,6,8,10,12H2,1-5H3,(H,30,32)/t15-,26+/m0/s1. The number of carbonyl (C=O) groups excluding carboxylic acids is 1. The van der Waals surface area contributed by atoms with Gasteiger partial charge in [-0.3, -0.25) is 14.2 Å². The number of benzene rings is 1. The number of nitrogens with zero attached hydrogens (tertiary/aromatic N) is 3. The van der Waals surface area contributed by atoms with Crippen LogP contribution in [0.4, 0.5) is 0 Å². The quantitative estimate of drug-likeness (QED) is 0.317. The summed E-state index contributed by atoms with van der Waals surface area (Å²) in [7, 11) is 1.53. The SMILES string of the molecule is COc1ccc(Cl)cc1-n1c(SCC(=O)N[C@](C)(C#N)C(C)C)nc2sc3c(c2c1=O)CC[C@H](C)C3. The summed E-state index contributed by atoms with van der Waals surface area (Å²) in [6.45, 7) is 7.69. The molecule has 0 unspecified atom stereocenters. The second kappa shape index (κ2) is 10.4. The lowest BCUT2D eigenvalue weighted by Crippen LogP contribution is -2.49. The summed E-state index contributed by atoms with van der Waals surface area (Å²) in [5, 5.41) is 13.8. The Morgan fingerprint density at radius 3 is 2.89 bits per heavy atom. The van der Waals surface area contributed by atoms with Crippen molar-refractivity contribution >= 4 is 50.8 Å². The van der Waals surface area contributed by atoms with E-state index in [1.807, 2.05) is 13.8 Å². The van der Waals surface area contributed by atoms with Gasteiger partial charge in [0, 0.05) is 9.90 Å². The molecule has 1 aliphatic carbocycles. The van der Waals surface area contributed by atoms with E-state index in [4.69, 9.17) is 21.3 Å². The van der Waals surface area contributed by atoms with Crippen molar-refractivity contribution in [2.75, 3.05) is 12.9 Å². The zero-order chi connectivity index (χ0) is 26.2. The number of methoxy groups -OCH3 is 1. The van der Waals surface area contributed by atoms with Gasteiger partial charge in [0.2, 0.25) is 5.91 Å². The third kappa shape index (κ3) is 4.99. The number of ether oxygens (including phenoxy) is 1. The van der Waals surface area contributed by atoms with Crippen LogP contribution in [0.1, 0.15) is 44.6 Å². The number of carbonyl (C=O) groups is 1. The summed E-state index contributed by atoms with van der Waals surface area (Å²) in [5.74, 6) is 0.653. The zero-order valence-corrected chi connectivity index (χ0v) is 23.4. The third-order valence-corrected chi connectivity index (χ3v) is 9.12. The molecule has 7 nitrogen and oxygen atoms in total. The number of aryl methyl sites for hydroxylation is 1. The van der Waals surface area contributed by atoms with E-state index in [-0.39, 0.29) is 23.1 Å². The Hall–Kier alpha value is -2.54. The van der Waals surface area contributed by atoms with E-state index in [0.717, 1.165) is 36.6 Å². The van der Waals surface area contributed by atoms with E-state index in [0.29, 0.717) is 37.8 Å². The largest absolute Gasteiger partial charge is 0.495 e. The lowest BCUT2D eigenvalue weighted by Gasteiger charge is -2.27. The van der Waals surface area contributed by atoms with Crippen molar-refractivity contribution in [3.8, 4) is 17.5 Å². The molecule has 0 aliphatic heterocycles. The van der Waals surface area contributed by atoms with Crippen molar-refractivity contribution < 1.29 is 9.53 Å². The fraction of sp³-hybridized carbons (Fsp3) is 0.462. The number of halogens is 1. The minimum atomic E-state index is -0.992. The molecular weight excluding hydrogens is 516 g/mol. The maximum atomic E-state index is 14.0. The Balaban J connectivity index is 1.82. The molecule has 0 bridgehead atoms. The van der Waals surface area contributed by atoms with Crippen LogP contribution >= 0.6 is 34.7 Å².